The molecule has 0 aliphatic heterocycles. The predicted octanol–water partition coefficient (Wildman–Crippen LogP) is 2.73. The molecule has 0 saturated carbocycles. The molecule has 7 heteroatoms. The van der Waals surface area contributed by atoms with Gasteiger partial charge in [0.25, 0.3) is 0 Å². The predicted molar refractivity (Wildman–Crippen MR) is 102 cm³/mol. The minimum Gasteiger partial charge on any atom is -0.343 e. The van der Waals surface area contributed by atoms with Crippen LogP contribution < -0.4 is 16.5 Å². The second-order valence-corrected chi connectivity index (χ2v) is 6.64. The average Bonchev–Trinajstić information content (AvgIpc) is 2.64. The summed E-state index contributed by atoms with van der Waals surface area (Å²) in [5.74, 6) is -0.816. The molecule has 2 amide bonds. The number of hydrogen-bond donors (Lipinski definition) is 3. The van der Waals surface area contributed by atoms with Crippen LogP contribution in [0.25, 0.3) is 0 Å². The van der Waals surface area contributed by atoms with E-state index in [1.165, 1.54) is 38.5 Å². The summed E-state index contributed by atoms with van der Waals surface area (Å²) < 4.78 is 0. The van der Waals surface area contributed by atoms with Gasteiger partial charge in [0.2, 0.25) is 12.3 Å². The highest BCUT2D eigenvalue weighted by Gasteiger charge is 2.22. The number of carbonyl (C=O) groups is 3. The fourth-order valence-corrected chi connectivity index (χ4v) is 2.76. The van der Waals surface area contributed by atoms with Crippen LogP contribution in [-0.2, 0) is 19.2 Å². The van der Waals surface area contributed by atoms with E-state index in [1.807, 2.05) is 5.48 Å². The van der Waals surface area contributed by atoms with Crippen molar-refractivity contribution in [2.45, 2.75) is 96.4 Å². The molecule has 0 spiro atoms. The molecule has 0 aromatic heterocycles. The summed E-state index contributed by atoms with van der Waals surface area (Å²) in [5, 5.41) is 2.70. The second kappa shape index (κ2) is 18.2. The number of unbranched alkanes of at least 4 members (excludes halogenated alkanes) is 9. The van der Waals surface area contributed by atoms with Crippen molar-refractivity contribution in [1.29, 1.82) is 0 Å². The first kappa shape index (κ1) is 24.4. The van der Waals surface area contributed by atoms with Gasteiger partial charge >= 0.3 is 5.97 Å². The first-order valence-electron chi connectivity index (χ1n) is 10.0. The van der Waals surface area contributed by atoms with Crippen LogP contribution in [0.4, 0.5) is 0 Å². The maximum Gasteiger partial charge on any atom is 0.354 e. The molecule has 0 radical (unpaired) electrons. The minimum absolute atomic E-state index is 0.159. The molecular weight excluding hydrogens is 334 g/mol. The van der Waals surface area contributed by atoms with E-state index in [0.717, 1.165) is 25.7 Å². The Labute approximate surface area is 157 Å². The fourth-order valence-electron chi connectivity index (χ4n) is 2.76. The van der Waals surface area contributed by atoms with E-state index in [0.29, 0.717) is 25.8 Å². The van der Waals surface area contributed by atoms with Gasteiger partial charge in [0, 0.05) is 6.42 Å². The molecule has 26 heavy (non-hydrogen) atoms. The number of nitrogens with one attached hydrogen (secondary N) is 2. The van der Waals surface area contributed by atoms with Gasteiger partial charge in [-0.1, -0.05) is 58.3 Å². The SMILES string of the molecule is CCCCCCCCCCCC(=O)N[C@@H](CCCCN)C(=O)ONC=O. The van der Waals surface area contributed by atoms with Gasteiger partial charge in [-0.25, -0.2) is 4.79 Å². The zero-order valence-corrected chi connectivity index (χ0v) is 16.3. The van der Waals surface area contributed by atoms with Gasteiger partial charge in [-0.2, -0.15) is 5.48 Å². The molecule has 0 unspecified atom stereocenters. The molecule has 0 aromatic carbocycles. The highest BCUT2D eigenvalue weighted by molar-refractivity contribution is 5.84. The van der Waals surface area contributed by atoms with E-state index in [9.17, 15) is 14.4 Å². The average molecular weight is 372 g/mol. The Balaban J connectivity index is 3.92. The Morgan fingerprint density at radius 3 is 2.15 bits per heavy atom. The lowest BCUT2D eigenvalue weighted by Gasteiger charge is -2.16. The van der Waals surface area contributed by atoms with Gasteiger partial charge in [0.1, 0.15) is 6.04 Å². The molecule has 0 aliphatic rings. The molecule has 152 valence electrons. The van der Waals surface area contributed by atoms with E-state index >= 15 is 0 Å². The summed E-state index contributed by atoms with van der Waals surface area (Å²) in [6, 6.07) is -0.750. The number of rotatable bonds is 18. The molecular formula is C19H37N3O4. The highest BCUT2D eigenvalue weighted by Crippen LogP contribution is 2.11. The van der Waals surface area contributed by atoms with Crippen molar-refractivity contribution < 1.29 is 19.2 Å². The Morgan fingerprint density at radius 2 is 1.58 bits per heavy atom. The molecule has 4 N–H and O–H groups in total. The largest absolute Gasteiger partial charge is 0.354 e. The van der Waals surface area contributed by atoms with Gasteiger partial charge in [0.05, 0.1) is 0 Å². The molecule has 1 atom stereocenters. The Bertz CT molecular complexity index is 378. The van der Waals surface area contributed by atoms with Crippen LogP contribution in [-0.4, -0.2) is 30.9 Å². The van der Waals surface area contributed by atoms with Crippen molar-refractivity contribution in [3.05, 3.63) is 0 Å². The topological polar surface area (TPSA) is 111 Å². The van der Waals surface area contributed by atoms with E-state index in [-0.39, 0.29) is 12.3 Å². The number of carbonyl (C=O) groups excluding carboxylic acids is 3. The zero-order valence-electron chi connectivity index (χ0n) is 16.3. The summed E-state index contributed by atoms with van der Waals surface area (Å²) in [4.78, 5) is 38.7. The monoisotopic (exact) mass is 371 g/mol. The quantitative estimate of drug-likeness (QED) is 0.195. The molecule has 7 nitrogen and oxygen atoms in total. The molecule has 0 heterocycles. The second-order valence-electron chi connectivity index (χ2n) is 6.64. The molecule has 0 aromatic rings. The molecule has 0 rings (SSSR count). The van der Waals surface area contributed by atoms with Crippen molar-refractivity contribution in [2.75, 3.05) is 6.54 Å². The van der Waals surface area contributed by atoms with Crippen LogP contribution in [0.15, 0.2) is 0 Å². The van der Waals surface area contributed by atoms with Gasteiger partial charge in [0.15, 0.2) is 0 Å². The minimum atomic E-state index is -0.750. The van der Waals surface area contributed by atoms with Crippen molar-refractivity contribution in [2.24, 2.45) is 5.73 Å². The number of amides is 2. The first-order chi connectivity index (χ1) is 12.7. The molecule has 0 bridgehead atoms. The van der Waals surface area contributed by atoms with Gasteiger partial charge in [-0.15, -0.1) is 0 Å². The molecule has 0 saturated heterocycles. The van der Waals surface area contributed by atoms with Crippen molar-refractivity contribution >= 4 is 18.3 Å². The lowest BCUT2D eigenvalue weighted by molar-refractivity contribution is -0.157. The number of nitrogens with two attached hydrogens (primary N) is 1. The third-order valence-electron chi connectivity index (χ3n) is 4.28. The summed E-state index contributed by atoms with van der Waals surface area (Å²) in [7, 11) is 0. The lowest BCUT2D eigenvalue weighted by Crippen LogP contribution is -2.43. The third-order valence-corrected chi connectivity index (χ3v) is 4.28. The zero-order chi connectivity index (χ0) is 19.5. The van der Waals surface area contributed by atoms with Gasteiger partial charge < -0.3 is 15.9 Å². The van der Waals surface area contributed by atoms with E-state index in [2.05, 4.69) is 17.1 Å². The smallest absolute Gasteiger partial charge is 0.343 e. The van der Waals surface area contributed by atoms with Crippen LogP contribution in [0, 0.1) is 0 Å². The standard InChI is InChI=1S/C19H37N3O4/c1-2-3-4-5-6-7-8-9-10-14-18(24)22-17(13-11-12-15-20)19(25)26-21-16-23/h16-17H,2-15,20H2,1H3,(H,21,23)(H,22,24)/t17-/m0/s1. The molecule has 0 fully saturated rings. The summed E-state index contributed by atoms with van der Waals surface area (Å²) in [6.45, 7) is 2.74. The normalized spacial score (nSPS) is 11.6. The van der Waals surface area contributed by atoms with Crippen LogP contribution in [0.3, 0.4) is 0 Å². The summed E-state index contributed by atoms with van der Waals surface area (Å²) in [5.41, 5.74) is 7.32. The van der Waals surface area contributed by atoms with E-state index < -0.39 is 12.0 Å². The Hall–Kier alpha value is -1.63. The number of hydrogen-bond acceptors (Lipinski definition) is 5. The van der Waals surface area contributed by atoms with Crippen LogP contribution in [0.2, 0.25) is 0 Å². The maximum absolute atomic E-state index is 12.0. The first-order valence-corrected chi connectivity index (χ1v) is 10.0. The Kier molecular flexibility index (Phi) is 17.0. The van der Waals surface area contributed by atoms with E-state index in [1.54, 1.807) is 0 Å². The van der Waals surface area contributed by atoms with Crippen LogP contribution in [0.1, 0.15) is 90.4 Å². The fraction of sp³-hybridized carbons (Fsp3) is 0.842. The summed E-state index contributed by atoms with van der Waals surface area (Å²) in [6.07, 6.45) is 13.3. The van der Waals surface area contributed by atoms with Crippen LogP contribution >= 0.6 is 0 Å². The lowest BCUT2D eigenvalue weighted by atomic mass is 10.1. The van der Waals surface area contributed by atoms with Crippen molar-refractivity contribution in [3.8, 4) is 0 Å². The summed E-state index contributed by atoms with van der Waals surface area (Å²) >= 11 is 0. The van der Waals surface area contributed by atoms with E-state index in [4.69, 9.17) is 5.73 Å². The van der Waals surface area contributed by atoms with Crippen LogP contribution in [0.5, 0.6) is 0 Å². The third kappa shape index (κ3) is 14.7. The maximum atomic E-state index is 12.0. The van der Waals surface area contributed by atoms with Gasteiger partial charge in [-0.05, 0) is 32.2 Å². The van der Waals surface area contributed by atoms with Gasteiger partial charge in [-0.3, -0.25) is 9.59 Å². The van der Waals surface area contributed by atoms with Crippen molar-refractivity contribution in [1.82, 2.24) is 10.8 Å². The Morgan fingerprint density at radius 1 is 0.962 bits per heavy atom. The highest BCUT2D eigenvalue weighted by atomic mass is 16.7. The van der Waals surface area contributed by atoms with Crippen molar-refractivity contribution in [3.63, 3.8) is 0 Å². The molecule has 0 aliphatic carbocycles. The number of hydroxylamine groups is 1.